The Kier molecular flexibility index (Phi) is 3.48. The van der Waals surface area contributed by atoms with E-state index in [0.29, 0.717) is 12.8 Å². The molecule has 0 spiro atoms. The van der Waals surface area contributed by atoms with Crippen LogP contribution >= 0.6 is 0 Å². The highest BCUT2D eigenvalue weighted by Gasteiger charge is 2.38. The normalized spacial score (nSPS) is 18.0. The van der Waals surface area contributed by atoms with E-state index in [2.05, 4.69) is 12.2 Å². The summed E-state index contributed by atoms with van der Waals surface area (Å²) >= 11 is 0. The first kappa shape index (κ1) is 12.1. The molecule has 92 valence electrons. The Balaban J connectivity index is 2.02. The second-order valence-corrected chi connectivity index (χ2v) is 4.74. The monoisotopic (exact) mass is 233 g/mol. The van der Waals surface area contributed by atoms with E-state index in [1.54, 1.807) is 0 Å². The molecule has 3 nitrogen and oxygen atoms in total. The Bertz CT molecular complexity index is 391. The van der Waals surface area contributed by atoms with Crippen LogP contribution in [0.15, 0.2) is 24.3 Å². The fourth-order valence-corrected chi connectivity index (χ4v) is 2.26. The molecule has 1 fully saturated rings. The maximum absolute atomic E-state index is 11.9. The van der Waals surface area contributed by atoms with E-state index in [0.717, 1.165) is 24.9 Å². The largest absolute Gasteiger partial charge is 0.380 e. The number of carbonyl (C=O) groups is 1. The predicted octanol–water partition coefficient (Wildman–Crippen LogP) is 2.49. The van der Waals surface area contributed by atoms with Crippen molar-refractivity contribution in [2.24, 2.45) is 0 Å². The van der Waals surface area contributed by atoms with Crippen LogP contribution in [0, 0.1) is 0 Å². The highest BCUT2D eigenvalue weighted by Crippen LogP contribution is 2.30. The number of benzene rings is 1. The number of carbonyl (C=O) groups excluding carboxylic acids is 1. The van der Waals surface area contributed by atoms with Gasteiger partial charge in [0.1, 0.15) is 5.60 Å². The molecule has 1 aromatic rings. The van der Waals surface area contributed by atoms with Gasteiger partial charge in [-0.25, -0.2) is 0 Å². The van der Waals surface area contributed by atoms with Crippen LogP contribution in [0.2, 0.25) is 0 Å². The van der Waals surface area contributed by atoms with E-state index in [-0.39, 0.29) is 5.91 Å². The molecular formula is C14H19NO2. The smallest absolute Gasteiger partial charge is 0.256 e. The van der Waals surface area contributed by atoms with Crippen molar-refractivity contribution in [2.75, 3.05) is 5.32 Å². The predicted molar refractivity (Wildman–Crippen MR) is 67.9 cm³/mol. The molecule has 2 N–H and O–H groups in total. The summed E-state index contributed by atoms with van der Waals surface area (Å²) < 4.78 is 0. The summed E-state index contributed by atoms with van der Waals surface area (Å²) in [6, 6.07) is 7.76. The van der Waals surface area contributed by atoms with E-state index in [1.807, 2.05) is 24.3 Å². The minimum atomic E-state index is -1.15. The van der Waals surface area contributed by atoms with E-state index >= 15 is 0 Å². The van der Waals surface area contributed by atoms with Crippen molar-refractivity contribution >= 4 is 11.6 Å². The number of nitrogens with one attached hydrogen (secondary N) is 1. The van der Waals surface area contributed by atoms with Gasteiger partial charge in [-0.3, -0.25) is 4.79 Å². The lowest BCUT2D eigenvalue weighted by atomic mass is 10.0. The van der Waals surface area contributed by atoms with Gasteiger partial charge in [-0.15, -0.1) is 0 Å². The first-order valence-electron chi connectivity index (χ1n) is 6.27. The van der Waals surface area contributed by atoms with Crippen molar-refractivity contribution in [3.05, 3.63) is 29.8 Å². The van der Waals surface area contributed by atoms with Crippen LogP contribution in [-0.4, -0.2) is 16.6 Å². The first-order valence-corrected chi connectivity index (χ1v) is 6.27. The number of rotatable bonds is 3. The maximum Gasteiger partial charge on any atom is 0.256 e. The number of aryl methyl sites for hydroxylation is 1. The van der Waals surface area contributed by atoms with Crippen LogP contribution in [0.25, 0.3) is 0 Å². The third-order valence-electron chi connectivity index (χ3n) is 3.47. The van der Waals surface area contributed by atoms with Gasteiger partial charge in [0.05, 0.1) is 0 Å². The van der Waals surface area contributed by atoms with E-state index in [4.69, 9.17) is 0 Å². The standard InChI is InChI=1S/C14H19NO2/c1-2-11-5-7-12(8-6-11)15-13(16)14(17)9-3-4-10-14/h5-8,17H,2-4,9-10H2,1H3,(H,15,16). The Hall–Kier alpha value is -1.35. The van der Waals surface area contributed by atoms with Crippen molar-refractivity contribution < 1.29 is 9.90 Å². The zero-order chi connectivity index (χ0) is 12.3. The average molecular weight is 233 g/mol. The molecule has 1 aromatic carbocycles. The average Bonchev–Trinajstić information content (AvgIpc) is 2.78. The molecule has 1 aliphatic rings. The van der Waals surface area contributed by atoms with Gasteiger partial charge < -0.3 is 10.4 Å². The third kappa shape index (κ3) is 2.67. The van der Waals surface area contributed by atoms with Crippen LogP contribution in [0.4, 0.5) is 5.69 Å². The molecule has 0 radical (unpaired) electrons. The van der Waals surface area contributed by atoms with Gasteiger partial charge in [0.2, 0.25) is 0 Å². The van der Waals surface area contributed by atoms with Gasteiger partial charge in [-0.1, -0.05) is 19.1 Å². The second kappa shape index (κ2) is 4.88. The van der Waals surface area contributed by atoms with Gasteiger partial charge in [0, 0.05) is 5.69 Å². The Morgan fingerprint density at radius 3 is 2.41 bits per heavy atom. The maximum atomic E-state index is 11.9. The van der Waals surface area contributed by atoms with E-state index in [9.17, 15) is 9.90 Å². The van der Waals surface area contributed by atoms with Gasteiger partial charge in [-0.05, 0) is 49.8 Å². The van der Waals surface area contributed by atoms with E-state index < -0.39 is 5.60 Å². The molecule has 3 heteroatoms. The zero-order valence-electron chi connectivity index (χ0n) is 10.2. The minimum absolute atomic E-state index is 0.265. The van der Waals surface area contributed by atoms with Crippen molar-refractivity contribution in [1.82, 2.24) is 0 Å². The molecule has 2 rings (SSSR count). The summed E-state index contributed by atoms with van der Waals surface area (Å²) in [6.45, 7) is 2.09. The summed E-state index contributed by atoms with van der Waals surface area (Å²) in [5.41, 5.74) is 0.846. The number of aliphatic hydroxyl groups is 1. The summed E-state index contributed by atoms with van der Waals surface area (Å²) in [6.07, 6.45) is 3.99. The van der Waals surface area contributed by atoms with Crippen LogP contribution in [0.1, 0.15) is 38.2 Å². The molecule has 1 saturated carbocycles. The minimum Gasteiger partial charge on any atom is -0.380 e. The van der Waals surface area contributed by atoms with Gasteiger partial charge in [-0.2, -0.15) is 0 Å². The topological polar surface area (TPSA) is 49.3 Å². The van der Waals surface area contributed by atoms with Crippen molar-refractivity contribution in [2.45, 2.75) is 44.6 Å². The SMILES string of the molecule is CCc1ccc(NC(=O)C2(O)CCCC2)cc1. The molecule has 1 amide bonds. The highest BCUT2D eigenvalue weighted by atomic mass is 16.3. The van der Waals surface area contributed by atoms with Crippen molar-refractivity contribution in [3.63, 3.8) is 0 Å². The molecule has 17 heavy (non-hydrogen) atoms. The quantitative estimate of drug-likeness (QED) is 0.842. The van der Waals surface area contributed by atoms with Gasteiger partial charge >= 0.3 is 0 Å². The Morgan fingerprint density at radius 2 is 1.88 bits per heavy atom. The first-order chi connectivity index (χ1) is 8.14. The van der Waals surface area contributed by atoms with Gasteiger partial charge in [0.15, 0.2) is 0 Å². The third-order valence-corrected chi connectivity index (χ3v) is 3.47. The van der Waals surface area contributed by atoms with Crippen molar-refractivity contribution in [3.8, 4) is 0 Å². The molecule has 0 bridgehead atoms. The van der Waals surface area contributed by atoms with Crippen LogP contribution in [0.3, 0.4) is 0 Å². The van der Waals surface area contributed by atoms with E-state index in [1.165, 1.54) is 5.56 Å². The second-order valence-electron chi connectivity index (χ2n) is 4.74. The molecular weight excluding hydrogens is 214 g/mol. The molecule has 0 heterocycles. The molecule has 0 unspecified atom stereocenters. The summed E-state index contributed by atoms with van der Waals surface area (Å²) in [5.74, 6) is -0.265. The molecule has 0 saturated heterocycles. The Labute approximate surface area is 102 Å². The lowest BCUT2D eigenvalue weighted by molar-refractivity contribution is -0.133. The molecule has 1 aliphatic carbocycles. The highest BCUT2D eigenvalue weighted by molar-refractivity contribution is 5.97. The van der Waals surface area contributed by atoms with Gasteiger partial charge in [0.25, 0.3) is 5.91 Å². The number of anilines is 1. The fraction of sp³-hybridized carbons (Fsp3) is 0.500. The van der Waals surface area contributed by atoms with Crippen molar-refractivity contribution in [1.29, 1.82) is 0 Å². The summed E-state index contributed by atoms with van der Waals surface area (Å²) in [5, 5.41) is 12.9. The lowest BCUT2D eigenvalue weighted by Gasteiger charge is -2.20. The number of hydrogen-bond acceptors (Lipinski definition) is 2. The van der Waals surface area contributed by atoms with Crippen LogP contribution in [-0.2, 0) is 11.2 Å². The summed E-state index contributed by atoms with van der Waals surface area (Å²) in [4.78, 5) is 11.9. The van der Waals surface area contributed by atoms with Crippen LogP contribution in [0.5, 0.6) is 0 Å². The number of amides is 1. The molecule has 0 aliphatic heterocycles. The number of hydrogen-bond donors (Lipinski definition) is 2. The zero-order valence-corrected chi connectivity index (χ0v) is 10.2. The molecule has 0 aromatic heterocycles. The summed E-state index contributed by atoms with van der Waals surface area (Å²) in [7, 11) is 0. The Morgan fingerprint density at radius 1 is 1.29 bits per heavy atom. The fourth-order valence-electron chi connectivity index (χ4n) is 2.26. The van der Waals surface area contributed by atoms with Crippen LogP contribution < -0.4 is 5.32 Å². The lowest BCUT2D eigenvalue weighted by Crippen LogP contribution is -2.40. The molecule has 0 atom stereocenters.